The van der Waals surface area contributed by atoms with Crippen LogP contribution in [0.4, 0.5) is 23.5 Å². The van der Waals surface area contributed by atoms with E-state index in [1.54, 1.807) is 36.5 Å². The summed E-state index contributed by atoms with van der Waals surface area (Å²) in [6.07, 6.45) is 2.99. The molecule has 0 bridgehead atoms. The Balaban J connectivity index is 1.30. The summed E-state index contributed by atoms with van der Waals surface area (Å²) >= 11 is 0. The minimum absolute atomic E-state index is 0.126. The zero-order valence-corrected chi connectivity index (χ0v) is 19.2. The van der Waals surface area contributed by atoms with Crippen molar-refractivity contribution >= 4 is 35.7 Å². The van der Waals surface area contributed by atoms with Crippen molar-refractivity contribution in [2.45, 2.75) is 0 Å². The van der Waals surface area contributed by atoms with Crippen molar-refractivity contribution in [1.82, 2.24) is 15.0 Å². The van der Waals surface area contributed by atoms with Gasteiger partial charge < -0.3 is 24.1 Å². The topological polar surface area (TPSA) is 127 Å². The summed E-state index contributed by atoms with van der Waals surface area (Å²) in [6, 6.07) is 19.7. The predicted molar refractivity (Wildman–Crippen MR) is 134 cm³/mol. The molecule has 0 aliphatic carbocycles. The van der Waals surface area contributed by atoms with Crippen LogP contribution in [0, 0.1) is 0 Å². The number of nitrogens with zero attached hydrogens (tertiary/aromatic N) is 5. The molecule has 0 unspecified atom stereocenters. The number of aromatic nitrogens is 3. The average Bonchev–Trinajstić information content (AvgIpc) is 3.46. The number of carbonyl (C=O) groups is 1. The molecule has 1 saturated heterocycles. The van der Waals surface area contributed by atoms with E-state index in [0.717, 1.165) is 5.69 Å². The SMILES string of the molecule is O=C(Oc1cccc(/C=N\Nc2nc(Nc3ccccc3)nc(N3CCOCC3)n2)c1)c1ccco1. The average molecular weight is 486 g/mol. The molecular weight excluding hydrogens is 462 g/mol. The maximum atomic E-state index is 12.1. The van der Waals surface area contributed by atoms with Crippen molar-refractivity contribution in [2.24, 2.45) is 5.10 Å². The molecule has 0 spiro atoms. The third kappa shape index (κ3) is 6.02. The van der Waals surface area contributed by atoms with Crippen molar-refractivity contribution in [1.29, 1.82) is 0 Å². The van der Waals surface area contributed by atoms with E-state index in [-0.39, 0.29) is 11.7 Å². The van der Waals surface area contributed by atoms with Gasteiger partial charge in [0.25, 0.3) is 0 Å². The number of carbonyl (C=O) groups excluding carboxylic acids is 1. The second-order valence-corrected chi connectivity index (χ2v) is 7.68. The summed E-state index contributed by atoms with van der Waals surface area (Å²) < 4.78 is 15.9. The van der Waals surface area contributed by atoms with Crippen LogP contribution in [0.1, 0.15) is 16.1 Å². The minimum Gasteiger partial charge on any atom is -0.457 e. The highest BCUT2D eigenvalue weighted by molar-refractivity contribution is 5.88. The molecule has 2 aromatic heterocycles. The van der Waals surface area contributed by atoms with Crippen LogP contribution in [0.25, 0.3) is 0 Å². The quantitative estimate of drug-likeness (QED) is 0.165. The molecule has 0 saturated carbocycles. The standard InChI is InChI=1S/C25H23N7O4/c33-22(21-10-5-13-35-21)36-20-9-4-6-18(16-20)17-26-31-24-28-23(27-19-7-2-1-3-8-19)29-25(30-24)32-11-14-34-15-12-32/h1-10,13,16-17H,11-12,14-15H2,(H2,27,28,29,30,31)/b26-17-. The Kier molecular flexibility index (Phi) is 7.09. The van der Waals surface area contributed by atoms with Gasteiger partial charge in [-0.25, -0.2) is 10.2 Å². The van der Waals surface area contributed by atoms with Gasteiger partial charge in [0.2, 0.25) is 23.6 Å². The van der Waals surface area contributed by atoms with Gasteiger partial charge in [-0.05, 0) is 42.0 Å². The second-order valence-electron chi connectivity index (χ2n) is 7.68. The molecule has 3 heterocycles. The van der Waals surface area contributed by atoms with Gasteiger partial charge in [0.05, 0.1) is 25.7 Å². The van der Waals surface area contributed by atoms with Crippen LogP contribution in [0.15, 0.2) is 82.5 Å². The Morgan fingerprint density at radius 1 is 0.972 bits per heavy atom. The van der Waals surface area contributed by atoms with Crippen molar-refractivity contribution in [3.05, 3.63) is 84.3 Å². The number of rotatable bonds is 8. The number of hydrogen-bond acceptors (Lipinski definition) is 11. The third-order valence-corrected chi connectivity index (χ3v) is 5.12. The van der Waals surface area contributed by atoms with Crippen LogP contribution in [-0.2, 0) is 4.74 Å². The van der Waals surface area contributed by atoms with E-state index < -0.39 is 5.97 Å². The van der Waals surface area contributed by atoms with Crippen LogP contribution < -0.4 is 20.4 Å². The minimum atomic E-state index is -0.577. The maximum absolute atomic E-state index is 12.1. The molecule has 2 aromatic carbocycles. The van der Waals surface area contributed by atoms with Crippen molar-refractivity contribution in [2.75, 3.05) is 41.9 Å². The van der Waals surface area contributed by atoms with E-state index in [2.05, 4.69) is 30.8 Å². The number of benzene rings is 2. The highest BCUT2D eigenvalue weighted by atomic mass is 16.5. The molecular formula is C25H23N7O4. The van der Waals surface area contributed by atoms with E-state index in [0.29, 0.717) is 49.5 Å². The van der Waals surface area contributed by atoms with Gasteiger partial charge in [0.1, 0.15) is 5.75 Å². The predicted octanol–water partition coefficient (Wildman–Crippen LogP) is 3.71. The first kappa shape index (κ1) is 23.0. The summed E-state index contributed by atoms with van der Waals surface area (Å²) in [7, 11) is 0. The molecule has 0 radical (unpaired) electrons. The molecule has 0 amide bonds. The number of hydrogen-bond donors (Lipinski definition) is 2. The molecule has 5 rings (SSSR count). The fraction of sp³-hybridized carbons (Fsp3) is 0.160. The van der Waals surface area contributed by atoms with Crippen LogP contribution in [0.5, 0.6) is 5.75 Å². The molecule has 1 aliphatic heterocycles. The van der Waals surface area contributed by atoms with E-state index in [1.807, 2.05) is 41.3 Å². The third-order valence-electron chi connectivity index (χ3n) is 5.12. The normalized spacial score (nSPS) is 13.5. The number of ether oxygens (including phenoxy) is 2. The fourth-order valence-electron chi connectivity index (χ4n) is 3.40. The van der Waals surface area contributed by atoms with Crippen molar-refractivity contribution < 1.29 is 18.7 Å². The number of hydrazone groups is 1. The summed E-state index contributed by atoms with van der Waals surface area (Å²) in [5, 5.41) is 7.46. The Morgan fingerprint density at radius 3 is 2.61 bits per heavy atom. The molecule has 11 nitrogen and oxygen atoms in total. The number of furan rings is 1. The molecule has 36 heavy (non-hydrogen) atoms. The maximum Gasteiger partial charge on any atom is 0.379 e. The van der Waals surface area contributed by atoms with E-state index in [4.69, 9.17) is 13.9 Å². The van der Waals surface area contributed by atoms with Gasteiger partial charge in [-0.3, -0.25) is 0 Å². The van der Waals surface area contributed by atoms with Gasteiger partial charge in [-0.1, -0.05) is 30.3 Å². The monoisotopic (exact) mass is 485 g/mol. The molecule has 1 fully saturated rings. The van der Waals surface area contributed by atoms with Crippen LogP contribution in [0.2, 0.25) is 0 Å². The number of nitrogens with one attached hydrogen (secondary N) is 2. The molecule has 11 heteroatoms. The summed E-state index contributed by atoms with van der Waals surface area (Å²) in [4.78, 5) is 27.7. The Bertz CT molecular complexity index is 1320. The van der Waals surface area contributed by atoms with Gasteiger partial charge in [-0.15, -0.1) is 0 Å². The number of para-hydroxylation sites is 1. The zero-order chi connectivity index (χ0) is 24.6. The lowest BCUT2D eigenvalue weighted by molar-refractivity contribution is 0.0701. The largest absolute Gasteiger partial charge is 0.457 e. The number of esters is 1. The molecule has 0 atom stereocenters. The molecule has 4 aromatic rings. The zero-order valence-electron chi connectivity index (χ0n) is 19.2. The first-order valence-electron chi connectivity index (χ1n) is 11.3. The van der Waals surface area contributed by atoms with Gasteiger partial charge in [-0.2, -0.15) is 20.1 Å². The van der Waals surface area contributed by atoms with Crippen molar-refractivity contribution in [3.63, 3.8) is 0 Å². The van der Waals surface area contributed by atoms with Crippen LogP contribution in [-0.4, -0.2) is 53.4 Å². The van der Waals surface area contributed by atoms with Gasteiger partial charge in [0, 0.05) is 18.8 Å². The van der Waals surface area contributed by atoms with E-state index in [9.17, 15) is 4.79 Å². The lowest BCUT2D eigenvalue weighted by Gasteiger charge is -2.27. The fourth-order valence-corrected chi connectivity index (χ4v) is 3.40. The van der Waals surface area contributed by atoms with Crippen LogP contribution in [0.3, 0.4) is 0 Å². The number of anilines is 4. The van der Waals surface area contributed by atoms with Gasteiger partial charge in [0.15, 0.2) is 0 Å². The lowest BCUT2D eigenvalue weighted by atomic mass is 10.2. The summed E-state index contributed by atoms with van der Waals surface area (Å²) in [5.41, 5.74) is 4.43. The molecule has 2 N–H and O–H groups in total. The van der Waals surface area contributed by atoms with Crippen LogP contribution >= 0.6 is 0 Å². The smallest absolute Gasteiger partial charge is 0.379 e. The Morgan fingerprint density at radius 2 is 1.81 bits per heavy atom. The lowest BCUT2D eigenvalue weighted by Crippen LogP contribution is -2.37. The number of morpholine rings is 1. The Labute approximate surface area is 206 Å². The summed E-state index contributed by atoms with van der Waals surface area (Å²) in [5.74, 6) is 1.11. The second kappa shape index (κ2) is 11.1. The van der Waals surface area contributed by atoms with Gasteiger partial charge >= 0.3 is 5.97 Å². The first-order valence-corrected chi connectivity index (χ1v) is 11.3. The van der Waals surface area contributed by atoms with Crippen molar-refractivity contribution in [3.8, 4) is 5.75 Å². The highest BCUT2D eigenvalue weighted by Crippen LogP contribution is 2.19. The molecule has 182 valence electrons. The summed E-state index contributed by atoms with van der Waals surface area (Å²) in [6.45, 7) is 2.58. The Hall–Kier alpha value is -4.77. The highest BCUT2D eigenvalue weighted by Gasteiger charge is 2.17. The van der Waals surface area contributed by atoms with E-state index >= 15 is 0 Å². The first-order chi connectivity index (χ1) is 17.7. The molecule has 1 aliphatic rings. The van der Waals surface area contributed by atoms with E-state index in [1.165, 1.54) is 6.26 Å².